The van der Waals surface area contributed by atoms with Crippen LogP contribution in [0.25, 0.3) is 0 Å². The second-order valence-corrected chi connectivity index (χ2v) is 7.52. The summed E-state index contributed by atoms with van der Waals surface area (Å²) in [5, 5.41) is 11.5. The van der Waals surface area contributed by atoms with Gasteiger partial charge in [0.25, 0.3) is 0 Å². The van der Waals surface area contributed by atoms with Crippen LogP contribution in [0, 0.1) is 0 Å². The third kappa shape index (κ3) is 2.72. The van der Waals surface area contributed by atoms with Crippen LogP contribution in [0.2, 0.25) is 0 Å². The lowest BCUT2D eigenvalue weighted by molar-refractivity contribution is -0.137. The number of aromatic nitrogens is 3. The van der Waals surface area contributed by atoms with Gasteiger partial charge in [-0.3, -0.25) is 4.79 Å². The molecule has 110 valence electrons. The molecule has 2 fully saturated rings. The smallest absolute Gasteiger partial charge is 0.319 e. The molecule has 0 radical (unpaired) electrons. The monoisotopic (exact) mass is 321 g/mol. The Morgan fingerprint density at radius 1 is 1.38 bits per heavy atom. The molecule has 0 N–H and O–H groups in total. The van der Waals surface area contributed by atoms with Gasteiger partial charge in [-0.15, -0.1) is 21.5 Å². The quantitative estimate of drug-likeness (QED) is 0.793. The minimum atomic E-state index is -0.124. The highest BCUT2D eigenvalue weighted by atomic mass is 32.2. The Labute approximate surface area is 130 Å². The van der Waals surface area contributed by atoms with E-state index in [-0.39, 0.29) is 11.2 Å². The average Bonchev–Trinajstić information content (AvgIpc) is 2.87. The van der Waals surface area contributed by atoms with Gasteiger partial charge in [0.2, 0.25) is 0 Å². The molecule has 2 aliphatic rings. The number of carbonyl (C=O) groups excluding carboxylic acids is 1. The van der Waals surface area contributed by atoms with Crippen LogP contribution in [-0.4, -0.2) is 32.6 Å². The molecule has 21 heavy (non-hydrogen) atoms. The van der Waals surface area contributed by atoms with Crippen LogP contribution in [0.5, 0.6) is 0 Å². The van der Waals surface area contributed by atoms with E-state index in [9.17, 15) is 4.79 Å². The maximum Gasteiger partial charge on any atom is 0.319 e. The molecule has 1 aliphatic heterocycles. The van der Waals surface area contributed by atoms with Crippen molar-refractivity contribution >= 4 is 29.1 Å². The number of thioether (sulfide) groups is 1. The van der Waals surface area contributed by atoms with Gasteiger partial charge in [-0.05, 0) is 24.3 Å². The standard InChI is InChI=1S/C14H15N3O2S2/c18-13-11(5-6-19-13)21-14-16-15-12(17(14)9-3-4-9)8-10-2-1-7-20-10/h1-2,7,9,11H,3-6,8H2. The van der Waals surface area contributed by atoms with E-state index in [0.29, 0.717) is 12.6 Å². The third-order valence-electron chi connectivity index (χ3n) is 3.69. The number of ether oxygens (including phenoxy) is 1. The zero-order valence-corrected chi connectivity index (χ0v) is 13.0. The van der Waals surface area contributed by atoms with Gasteiger partial charge in [0.05, 0.1) is 6.61 Å². The molecule has 2 aromatic rings. The molecule has 4 rings (SSSR count). The van der Waals surface area contributed by atoms with Crippen LogP contribution < -0.4 is 0 Å². The minimum Gasteiger partial charge on any atom is -0.465 e. The highest BCUT2D eigenvalue weighted by molar-refractivity contribution is 8.00. The minimum absolute atomic E-state index is 0.120. The second-order valence-electron chi connectivity index (χ2n) is 5.32. The first kappa shape index (κ1) is 13.3. The fourth-order valence-corrected chi connectivity index (χ4v) is 4.28. The highest BCUT2D eigenvalue weighted by Gasteiger charge is 2.34. The number of cyclic esters (lactones) is 1. The summed E-state index contributed by atoms with van der Waals surface area (Å²) in [6, 6.07) is 4.69. The van der Waals surface area contributed by atoms with Crippen molar-refractivity contribution in [2.45, 2.75) is 42.1 Å². The zero-order chi connectivity index (χ0) is 14.2. The molecule has 0 aromatic carbocycles. The number of hydrogen-bond acceptors (Lipinski definition) is 6. The first-order valence-electron chi connectivity index (χ1n) is 7.11. The Kier molecular flexibility index (Phi) is 3.46. The summed E-state index contributed by atoms with van der Waals surface area (Å²) in [7, 11) is 0. The topological polar surface area (TPSA) is 57.0 Å². The molecule has 1 aliphatic carbocycles. The summed E-state index contributed by atoms with van der Waals surface area (Å²) in [6.07, 6.45) is 3.94. The normalized spacial score (nSPS) is 21.7. The average molecular weight is 321 g/mol. The van der Waals surface area contributed by atoms with E-state index in [1.165, 1.54) is 29.5 Å². The number of carbonyl (C=O) groups is 1. The van der Waals surface area contributed by atoms with E-state index >= 15 is 0 Å². The van der Waals surface area contributed by atoms with Crippen molar-refractivity contribution in [1.82, 2.24) is 14.8 Å². The van der Waals surface area contributed by atoms with E-state index in [0.717, 1.165) is 23.8 Å². The SMILES string of the molecule is O=C1OCCC1Sc1nnc(Cc2cccs2)n1C1CC1. The molecular formula is C14H15N3O2S2. The van der Waals surface area contributed by atoms with Crippen molar-refractivity contribution in [2.75, 3.05) is 6.61 Å². The molecule has 0 spiro atoms. The number of thiophene rings is 1. The van der Waals surface area contributed by atoms with Crippen LogP contribution >= 0.6 is 23.1 Å². The molecule has 1 unspecified atom stereocenters. The van der Waals surface area contributed by atoms with E-state index in [2.05, 4.69) is 32.3 Å². The lowest BCUT2D eigenvalue weighted by Gasteiger charge is -2.09. The Balaban J connectivity index is 1.59. The van der Waals surface area contributed by atoms with E-state index in [1.807, 2.05) is 0 Å². The van der Waals surface area contributed by atoms with Crippen LogP contribution in [0.4, 0.5) is 0 Å². The van der Waals surface area contributed by atoms with Crippen molar-refractivity contribution in [2.24, 2.45) is 0 Å². The molecular weight excluding hydrogens is 306 g/mol. The van der Waals surface area contributed by atoms with E-state index in [4.69, 9.17) is 4.74 Å². The third-order valence-corrected chi connectivity index (χ3v) is 5.77. The van der Waals surface area contributed by atoms with Crippen LogP contribution in [-0.2, 0) is 16.0 Å². The lowest BCUT2D eigenvalue weighted by atomic mass is 10.3. The number of nitrogens with zero attached hydrogens (tertiary/aromatic N) is 3. The maximum atomic E-state index is 11.6. The number of esters is 1. The van der Waals surface area contributed by atoms with Gasteiger partial charge in [-0.25, -0.2) is 0 Å². The molecule has 0 amide bonds. The van der Waals surface area contributed by atoms with Gasteiger partial charge in [-0.1, -0.05) is 17.8 Å². The second kappa shape index (κ2) is 5.46. The van der Waals surface area contributed by atoms with Crippen molar-refractivity contribution in [1.29, 1.82) is 0 Å². The maximum absolute atomic E-state index is 11.6. The fourth-order valence-electron chi connectivity index (χ4n) is 2.49. The van der Waals surface area contributed by atoms with Gasteiger partial charge >= 0.3 is 5.97 Å². The molecule has 3 heterocycles. The summed E-state index contributed by atoms with van der Waals surface area (Å²) in [5.41, 5.74) is 0. The predicted molar refractivity (Wildman–Crippen MR) is 80.6 cm³/mol. The molecule has 0 bridgehead atoms. The van der Waals surface area contributed by atoms with Crippen molar-refractivity contribution in [3.05, 3.63) is 28.2 Å². The predicted octanol–water partition coefficient (Wildman–Crippen LogP) is 2.67. The van der Waals surface area contributed by atoms with Crippen molar-refractivity contribution < 1.29 is 9.53 Å². The van der Waals surface area contributed by atoms with Crippen LogP contribution in [0.1, 0.15) is 36.0 Å². The first-order valence-corrected chi connectivity index (χ1v) is 8.86. The fraction of sp³-hybridized carbons (Fsp3) is 0.500. The summed E-state index contributed by atoms with van der Waals surface area (Å²) in [4.78, 5) is 12.9. The Morgan fingerprint density at radius 3 is 2.95 bits per heavy atom. The molecule has 1 saturated heterocycles. The van der Waals surface area contributed by atoms with E-state index in [1.54, 1.807) is 11.3 Å². The Morgan fingerprint density at radius 2 is 2.29 bits per heavy atom. The van der Waals surface area contributed by atoms with Gasteiger partial charge in [0.15, 0.2) is 5.16 Å². The summed E-state index contributed by atoms with van der Waals surface area (Å²) >= 11 is 3.25. The van der Waals surface area contributed by atoms with Gasteiger partial charge in [0.1, 0.15) is 11.1 Å². The zero-order valence-electron chi connectivity index (χ0n) is 11.4. The van der Waals surface area contributed by atoms with Gasteiger partial charge < -0.3 is 9.30 Å². The molecule has 1 saturated carbocycles. The molecule has 7 heteroatoms. The number of hydrogen-bond donors (Lipinski definition) is 0. The number of rotatable bonds is 5. The van der Waals surface area contributed by atoms with E-state index < -0.39 is 0 Å². The van der Waals surface area contributed by atoms with Gasteiger partial charge in [0, 0.05) is 23.8 Å². The Hall–Kier alpha value is -1.34. The lowest BCUT2D eigenvalue weighted by Crippen LogP contribution is -2.12. The van der Waals surface area contributed by atoms with Crippen LogP contribution in [0.3, 0.4) is 0 Å². The largest absolute Gasteiger partial charge is 0.465 e. The van der Waals surface area contributed by atoms with Gasteiger partial charge in [-0.2, -0.15) is 0 Å². The first-order chi connectivity index (χ1) is 10.3. The molecule has 1 atom stereocenters. The summed E-state index contributed by atoms with van der Waals surface area (Å²) < 4.78 is 7.26. The molecule has 2 aromatic heterocycles. The van der Waals surface area contributed by atoms with Crippen LogP contribution in [0.15, 0.2) is 22.7 Å². The Bertz CT molecular complexity index is 649. The van der Waals surface area contributed by atoms with Crippen molar-refractivity contribution in [3.8, 4) is 0 Å². The molecule has 5 nitrogen and oxygen atoms in total. The van der Waals surface area contributed by atoms with Crippen molar-refractivity contribution in [3.63, 3.8) is 0 Å². The highest BCUT2D eigenvalue weighted by Crippen LogP contribution is 2.40. The summed E-state index contributed by atoms with van der Waals surface area (Å²) in [6.45, 7) is 0.524. The summed E-state index contributed by atoms with van der Waals surface area (Å²) in [5.74, 6) is 0.888.